The molecule has 0 aromatic carbocycles. The lowest BCUT2D eigenvalue weighted by Crippen LogP contribution is -2.64. The maximum atomic E-state index is 11.9. The zero-order valence-electron chi connectivity index (χ0n) is 15.3. The summed E-state index contributed by atoms with van der Waals surface area (Å²) in [6, 6.07) is 0.560. The van der Waals surface area contributed by atoms with Crippen molar-refractivity contribution >= 4 is 6.09 Å². The second kappa shape index (κ2) is 6.98. The largest absolute Gasteiger partial charge is 0.444 e. The highest BCUT2D eigenvalue weighted by atomic mass is 16.6. The molecule has 3 N–H and O–H groups in total. The molecule has 134 valence electrons. The van der Waals surface area contributed by atoms with Crippen LogP contribution in [0.4, 0.5) is 4.79 Å². The van der Waals surface area contributed by atoms with Gasteiger partial charge in [0.1, 0.15) is 5.60 Å². The molecule has 2 rings (SSSR count). The molecular weight excluding hydrogens is 292 g/mol. The van der Waals surface area contributed by atoms with Crippen LogP contribution in [-0.2, 0) is 4.74 Å². The van der Waals surface area contributed by atoms with Crippen LogP contribution >= 0.6 is 0 Å². The molecule has 2 fully saturated rings. The Labute approximate surface area is 140 Å². The van der Waals surface area contributed by atoms with Gasteiger partial charge in [-0.2, -0.15) is 0 Å². The van der Waals surface area contributed by atoms with Gasteiger partial charge in [-0.1, -0.05) is 26.7 Å². The van der Waals surface area contributed by atoms with Crippen LogP contribution in [0.3, 0.4) is 0 Å². The van der Waals surface area contributed by atoms with E-state index >= 15 is 0 Å². The monoisotopic (exact) mass is 326 g/mol. The highest BCUT2D eigenvalue weighted by Gasteiger charge is 2.48. The van der Waals surface area contributed by atoms with Crippen molar-refractivity contribution in [2.75, 3.05) is 6.54 Å². The Kier molecular flexibility index (Phi) is 5.62. The lowest BCUT2D eigenvalue weighted by Gasteiger charge is -2.51. The normalized spacial score (nSPS) is 29.0. The summed E-state index contributed by atoms with van der Waals surface area (Å²) in [4.78, 5) is 11.9. The van der Waals surface area contributed by atoms with E-state index in [0.717, 1.165) is 6.42 Å². The summed E-state index contributed by atoms with van der Waals surface area (Å²) in [5.41, 5.74) is -0.566. The third kappa shape index (κ3) is 4.83. The predicted molar refractivity (Wildman–Crippen MR) is 91.3 cm³/mol. The predicted octanol–water partition coefficient (Wildman–Crippen LogP) is 2.82. The molecule has 0 spiro atoms. The van der Waals surface area contributed by atoms with Gasteiger partial charge in [0.2, 0.25) is 0 Å². The van der Waals surface area contributed by atoms with E-state index in [2.05, 4.69) is 24.5 Å². The molecule has 0 aliphatic heterocycles. The number of hydrogen-bond acceptors (Lipinski definition) is 4. The average molecular weight is 326 g/mol. The van der Waals surface area contributed by atoms with Crippen LogP contribution in [0.25, 0.3) is 0 Å². The van der Waals surface area contributed by atoms with Crippen molar-refractivity contribution in [3.05, 3.63) is 0 Å². The molecule has 2 saturated carbocycles. The summed E-state index contributed by atoms with van der Waals surface area (Å²) in [5.74, 6) is 0.596. The molecule has 0 heterocycles. The first kappa shape index (κ1) is 18.5. The molecule has 2 aliphatic rings. The molecule has 3 atom stereocenters. The number of hydrogen-bond donors (Lipinski definition) is 3. The van der Waals surface area contributed by atoms with Crippen molar-refractivity contribution in [3.8, 4) is 0 Å². The summed E-state index contributed by atoms with van der Waals surface area (Å²) >= 11 is 0. The van der Waals surface area contributed by atoms with Gasteiger partial charge in [0, 0.05) is 24.0 Å². The lowest BCUT2D eigenvalue weighted by molar-refractivity contribution is -0.0778. The van der Waals surface area contributed by atoms with E-state index in [4.69, 9.17) is 4.74 Å². The summed E-state index contributed by atoms with van der Waals surface area (Å²) in [7, 11) is 0. The Morgan fingerprint density at radius 3 is 2.39 bits per heavy atom. The van der Waals surface area contributed by atoms with Crippen LogP contribution in [0.15, 0.2) is 0 Å². The fourth-order valence-corrected chi connectivity index (χ4v) is 3.67. The van der Waals surface area contributed by atoms with E-state index < -0.39 is 5.60 Å². The number of nitrogens with one attached hydrogen (secondary N) is 2. The van der Waals surface area contributed by atoms with Gasteiger partial charge in [-0.25, -0.2) is 4.79 Å². The molecule has 0 radical (unpaired) electrons. The molecule has 0 bridgehead atoms. The maximum absolute atomic E-state index is 11.9. The summed E-state index contributed by atoms with van der Waals surface area (Å²) in [5, 5.41) is 16.6. The third-order valence-corrected chi connectivity index (χ3v) is 5.47. The highest BCUT2D eigenvalue weighted by molar-refractivity contribution is 5.67. The van der Waals surface area contributed by atoms with Crippen LogP contribution in [-0.4, -0.2) is 41.5 Å². The summed E-state index contributed by atoms with van der Waals surface area (Å²) in [6.45, 7) is 10.4. The van der Waals surface area contributed by atoms with Crippen molar-refractivity contribution in [1.82, 2.24) is 10.6 Å². The van der Waals surface area contributed by atoms with E-state index in [0.29, 0.717) is 18.5 Å². The number of rotatable bonds is 5. The van der Waals surface area contributed by atoms with Crippen LogP contribution in [0.1, 0.15) is 66.7 Å². The zero-order chi connectivity index (χ0) is 17.3. The minimum absolute atomic E-state index is 0.0945. The molecule has 0 aromatic heterocycles. The minimum Gasteiger partial charge on any atom is -0.444 e. The van der Waals surface area contributed by atoms with E-state index in [9.17, 15) is 9.90 Å². The standard InChI is InChI=1S/C18H34N2O3/c1-17(2,3)23-16(22)19-11-13(12-8-6-7-9-12)20-14-10-15(21)18(14,4)5/h12-15,20-21H,6-11H2,1-5H3,(H,19,22). The molecular formula is C18H34N2O3. The fourth-order valence-electron chi connectivity index (χ4n) is 3.67. The second-order valence-corrected chi connectivity index (χ2v) is 8.83. The Balaban J connectivity index is 1.89. The third-order valence-electron chi connectivity index (χ3n) is 5.47. The van der Waals surface area contributed by atoms with Gasteiger partial charge in [-0.15, -0.1) is 0 Å². The molecule has 2 aliphatic carbocycles. The SMILES string of the molecule is CC(C)(C)OC(=O)NCC(NC1CC(O)C1(C)C)C1CCCC1. The van der Waals surface area contributed by atoms with Crippen molar-refractivity contribution in [1.29, 1.82) is 0 Å². The van der Waals surface area contributed by atoms with Gasteiger partial charge < -0.3 is 20.5 Å². The zero-order valence-corrected chi connectivity index (χ0v) is 15.3. The van der Waals surface area contributed by atoms with Crippen LogP contribution < -0.4 is 10.6 Å². The van der Waals surface area contributed by atoms with Gasteiger partial charge in [-0.3, -0.25) is 0 Å². The summed E-state index contributed by atoms with van der Waals surface area (Å²) < 4.78 is 5.34. The van der Waals surface area contributed by atoms with E-state index in [-0.39, 0.29) is 23.7 Å². The van der Waals surface area contributed by atoms with Gasteiger partial charge in [0.25, 0.3) is 0 Å². The number of carbonyl (C=O) groups excluding carboxylic acids is 1. The second-order valence-electron chi connectivity index (χ2n) is 8.83. The first-order valence-electron chi connectivity index (χ1n) is 9.00. The van der Waals surface area contributed by atoms with Crippen molar-refractivity contribution in [2.45, 2.75) is 90.5 Å². The molecule has 1 amide bonds. The van der Waals surface area contributed by atoms with E-state index in [1.165, 1.54) is 25.7 Å². The highest BCUT2D eigenvalue weighted by Crippen LogP contribution is 2.41. The minimum atomic E-state index is -0.472. The Hall–Kier alpha value is -0.810. The van der Waals surface area contributed by atoms with Crippen LogP contribution in [0.2, 0.25) is 0 Å². The molecule has 0 saturated heterocycles. The molecule has 0 aromatic rings. The first-order chi connectivity index (χ1) is 10.6. The number of aliphatic hydroxyl groups excluding tert-OH is 1. The quantitative estimate of drug-likeness (QED) is 0.726. The van der Waals surface area contributed by atoms with Gasteiger partial charge >= 0.3 is 6.09 Å². The topological polar surface area (TPSA) is 70.6 Å². The Morgan fingerprint density at radius 1 is 1.30 bits per heavy atom. The molecule has 5 nitrogen and oxygen atoms in total. The molecule has 5 heteroatoms. The first-order valence-corrected chi connectivity index (χ1v) is 9.00. The lowest BCUT2D eigenvalue weighted by atomic mass is 9.64. The Morgan fingerprint density at radius 2 is 1.91 bits per heavy atom. The fraction of sp³-hybridized carbons (Fsp3) is 0.944. The smallest absolute Gasteiger partial charge is 0.407 e. The number of alkyl carbamates (subject to hydrolysis) is 1. The number of aliphatic hydroxyl groups is 1. The number of ether oxygens (including phenoxy) is 1. The molecule has 3 unspecified atom stereocenters. The van der Waals surface area contributed by atoms with Crippen molar-refractivity contribution < 1.29 is 14.6 Å². The van der Waals surface area contributed by atoms with Gasteiger partial charge in [0.05, 0.1) is 6.10 Å². The van der Waals surface area contributed by atoms with Crippen molar-refractivity contribution in [2.24, 2.45) is 11.3 Å². The van der Waals surface area contributed by atoms with Gasteiger partial charge in [0.15, 0.2) is 0 Å². The molecule has 23 heavy (non-hydrogen) atoms. The maximum Gasteiger partial charge on any atom is 0.407 e. The van der Waals surface area contributed by atoms with Crippen LogP contribution in [0, 0.1) is 11.3 Å². The number of carbonyl (C=O) groups is 1. The Bertz CT molecular complexity index is 411. The van der Waals surface area contributed by atoms with E-state index in [1.54, 1.807) is 0 Å². The van der Waals surface area contributed by atoms with Crippen LogP contribution in [0.5, 0.6) is 0 Å². The van der Waals surface area contributed by atoms with Gasteiger partial charge in [-0.05, 0) is 46.0 Å². The summed E-state index contributed by atoms with van der Waals surface area (Å²) in [6.07, 6.45) is 5.17. The van der Waals surface area contributed by atoms with E-state index in [1.807, 2.05) is 20.8 Å². The average Bonchev–Trinajstić information content (AvgIpc) is 2.94. The number of amides is 1. The van der Waals surface area contributed by atoms with Crippen molar-refractivity contribution in [3.63, 3.8) is 0 Å².